The lowest BCUT2D eigenvalue weighted by molar-refractivity contribution is -0.136. The van der Waals surface area contributed by atoms with Gasteiger partial charge in [0.1, 0.15) is 6.61 Å². The maximum atomic E-state index is 11.6. The van der Waals surface area contributed by atoms with Crippen molar-refractivity contribution in [1.82, 2.24) is 0 Å². The smallest absolute Gasteiger partial charge is 0.356 e. The van der Waals surface area contributed by atoms with Crippen LogP contribution >= 0.6 is 24.0 Å². The van der Waals surface area contributed by atoms with E-state index in [0.29, 0.717) is 4.20 Å². The van der Waals surface area contributed by atoms with Gasteiger partial charge in [0.15, 0.2) is 4.20 Å². The van der Waals surface area contributed by atoms with Gasteiger partial charge in [-0.25, -0.2) is 4.79 Å². The summed E-state index contributed by atoms with van der Waals surface area (Å²) >= 11 is 6.45. The molecule has 2 nitrogen and oxygen atoms in total. The van der Waals surface area contributed by atoms with Gasteiger partial charge in [-0.2, -0.15) is 0 Å². The van der Waals surface area contributed by atoms with Gasteiger partial charge in [0.2, 0.25) is 0 Å². The third-order valence-electron chi connectivity index (χ3n) is 2.36. The Morgan fingerprint density at radius 3 is 2.67 bits per heavy atom. The molecule has 0 radical (unpaired) electrons. The van der Waals surface area contributed by atoms with Crippen LogP contribution in [0.2, 0.25) is 0 Å². The SMILES string of the molecule is CCCCCSC(=S)C(=O)OCc1ccccc1. The molecule has 0 heterocycles. The second kappa shape index (κ2) is 9.11. The molecule has 0 aliphatic rings. The van der Waals surface area contributed by atoms with E-state index in [4.69, 9.17) is 17.0 Å². The maximum absolute atomic E-state index is 11.6. The van der Waals surface area contributed by atoms with Crippen LogP contribution in [0.5, 0.6) is 0 Å². The molecule has 0 unspecified atom stereocenters. The summed E-state index contributed by atoms with van der Waals surface area (Å²) in [6.45, 7) is 2.44. The van der Waals surface area contributed by atoms with E-state index >= 15 is 0 Å². The quantitative estimate of drug-likeness (QED) is 0.448. The Kier molecular flexibility index (Phi) is 7.69. The van der Waals surface area contributed by atoms with Gasteiger partial charge < -0.3 is 4.74 Å². The lowest BCUT2D eigenvalue weighted by Crippen LogP contribution is -2.12. The standard InChI is InChI=1S/C14H18O2S2/c1-2-3-7-10-18-14(17)13(15)16-11-12-8-5-4-6-9-12/h4-6,8-9H,2-3,7,10-11H2,1H3. The Morgan fingerprint density at radius 2 is 2.00 bits per heavy atom. The van der Waals surface area contributed by atoms with Crippen molar-refractivity contribution in [2.24, 2.45) is 0 Å². The van der Waals surface area contributed by atoms with Crippen LogP contribution in [0.4, 0.5) is 0 Å². The first kappa shape index (κ1) is 15.2. The topological polar surface area (TPSA) is 26.3 Å². The number of ether oxygens (including phenoxy) is 1. The van der Waals surface area contributed by atoms with Crippen molar-refractivity contribution in [3.05, 3.63) is 35.9 Å². The average Bonchev–Trinajstić information content (AvgIpc) is 2.42. The van der Waals surface area contributed by atoms with Crippen molar-refractivity contribution in [2.75, 3.05) is 5.75 Å². The van der Waals surface area contributed by atoms with Gasteiger partial charge in [-0.15, -0.1) is 11.8 Å². The molecule has 0 aromatic heterocycles. The maximum Gasteiger partial charge on any atom is 0.356 e. The molecule has 1 rings (SSSR count). The summed E-state index contributed by atoms with van der Waals surface area (Å²) < 4.78 is 5.48. The number of benzene rings is 1. The molecule has 0 N–H and O–H groups in total. The molecule has 0 aliphatic heterocycles. The first-order valence-electron chi connectivity index (χ1n) is 6.12. The third kappa shape index (κ3) is 6.17. The van der Waals surface area contributed by atoms with Gasteiger partial charge in [-0.05, 0) is 17.7 Å². The number of thiocarbonyl (C=S) groups is 1. The van der Waals surface area contributed by atoms with Crippen LogP contribution in [-0.4, -0.2) is 15.9 Å². The number of rotatable bonds is 6. The van der Waals surface area contributed by atoms with Crippen molar-refractivity contribution < 1.29 is 9.53 Å². The van der Waals surface area contributed by atoms with Crippen LogP contribution in [-0.2, 0) is 16.1 Å². The highest BCUT2D eigenvalue weighted by molar-refractivity contribution is 8.25. The third-order valence-corrected chi connectivity index (χ3v) is 3.80. The van der Waals surface area contributed by atoms with Gasteiger partial charge in [-0.1, -0.05) is 62.3 Å². The van der Waals surface area contributed by atoms with Crippen LogP contribution in [0.25, 0.3) is 0 Å². The number of carbonyl (C=O) groups excluding carboxylic acids is 1. The fourth-order valence-electron chi connectivity index (χ4n) is 1.36. The number of carbonyl (C=O) groups is 1. The fraction of sp³-hybridized carbons (Fsp3) is 0.429. The van der Waals surface area contributed by atoms with E-state index in [1.807, 2.05) is 30.3 Å². The molecular formula is C14H18O2S2. The largest absolute Gasteiger partial charge is 0.456 e. The zero-order valence-corrected chi connectivity index (χ0v) is 12.2. The Bertz CT molecular complexity index is 377. The second-order valence-corrected chi connectivity index (χ2v) is 5.68. The van der Waals surface area contributed by atoms with Crippen molar-refractivity contribution in [3.63, 3.8) is 0 Å². The first-order valence-corrected chi connectivity index (χ1v) is 7.51. The lowest BCUT2D eigenvalue weighted by atomic mass is 10.2. The van der Waals surface area contributed by atoms with E-state index < -0.39 is 0 Å². The zero-order chi connectivity index (χ0) is 13.2. The molecule has 0 saturated heterocycles. The minimum Gasteiger partial charge on any atom is -0.456 e. The van der Waals surface area contributed by atoms with E-state index in [1.54, 1.807) is 0 Å². The average molecular weight is 282 g/mol. The van der Waals surface area contributed by atoms with Gasteiger partial charge in [0.25, 0.3) is 0 Å². The highest BCUT2D eigenvalue weighted by Gasteiger charge is 2.11. The fourth-order valence-corrected chi connectivity index (χ4v) is 2.38. The summed E-state index contributed by atoms with van der Waals surface area (Å²) in [6.07, 6.45) is 3.44. The molecular weight excluding hydrogens is 264 g/mol. The van der Waals surface area contributed by atoms with E-state index in [1.165, 1.54) is 24.6 Å². The number of hydrogen-bond acceptors (Lipinski definition) is 4. The summed E-state index contributed by atoms with van der Waals surface area (Å²) in [5.41, 5.74) is 0.977. The summed E-state index contributed by atoms with van der Waals surface area (Å²) in [6, 6.07) is 9.61. The molecule has 0 saturated carbocycles. The van der Waals surface area contributed by atoms with Gasteiger partial charge >= 0.3 is 5.97 Å². The molecule has 0 amide bonds. The van der Waals surface area contributed by atoms with Crippen LogP contribution in [0.15, 0.2) is 30.3 Å². The highest BCUT2D eigenvalue weighted by Crippen LogP contribution is 2.11. The molecule has 0 spiro atoms. The van der Waals surface area contributed by atoms with Crippen LogP contribution in [0, 0.1) is 0 Å². The predicted octanol–water partition coefficient (Wildman–Crippen LogP) is 3.98. The van der Waals surface area contributed by atoms with Crippen molar-refractivity contribution in [2.45, 2.75) is 32.8 Å². The molecule has 4 heteroatoms. The Balaban J connectivity index is 2.22. The van der Waals surface area contributed by atoms with Crippen LogP contribution < -0.4 is 0 Å². The Morgan fingerprint density at radius 1 is 1.28 bits per heavy atom. The van der Waals surface area contributed by atoms with E-state index in [-0.39, 0.29) is 12.6 Å². The van der Waals surface area contributed by atoms with E-state index in [9.17, 15) is 4.79 Å². The molecule has 18 heavy (non-hydrogen) atoms. The number of hydrogen-bond donors (Lipinski definition) is 0. The number of thioether (sulfide) groups is 1. The van der Waals surface area contributed by atoms with E-state index in [2.05, 4.69) is 6.92 Å². The zero-order valence-electron chi connectivity index (χ0n) is 10.6. The second-order valence-electron chi connectivity index (χ2n) is 3.90. The Hall–Kier alpha value is -0.870. The van der Waals surface area contributed by atoms with Crippen molar-refractivity contribution in [3.8, 4) is 0 Å². The molecule has 0 fully saturated rings. The molecule has 1 aromatic carbocycles. The van der Waals surface area contributed by atoms with Crippen molar-refractivity contribution in [1.29, 1.82) is 0 Å². The molecule has 0 bridgehead atoms. The summed E-state index contributed by atoms with van der Waals surface area (Å²) in [5.74, 6) is 0.517. The Labute approximate surface area is 118 Å². The highest BCUT2D eigenvalue weighted by atomic mass is 32.2. The number of esters is 1. The molecule has 98 valence electrons. The molecule has 0 atom stereocenters. The monoisotopic (exact) mass is 282 g/mol. The van der Waals surface area contributed by atoms with Gasteiger partial charge in [0, 0.05) is 0 Å². The van der Waals surface area contributed by atoms with Gasteiger partial charge in [0.05, 0.1) is 0 Å². The lowest BCUT2D eigenvalue weighted by Gasteiger charge is -2.05. The normalized spacial score (nSPS) is 10.1. The minimum absolute atomic E-state index is 0.287. The first-order chi connectivity index (χ1) is 8.74. The minimum atomic E-state index is -0.379. The van der Waals surface area contributed by atoms with Crippen LogP contribution in [0.3, 0.4) is 0 Å². The number of unbranched alkanes of at least 4 members (excludes halogenated alkanes) is 2. The molecule has 1 aromatic rings. The van der Waals surface area contributed by atoms with Crippen LogP contribution in [0.1, 0.15) is 31.7 Å². The summed E-state index contributed by atoms with van der Waals surface area (Å²) in [5, 5.41) is 0. The van der Waals surface area contributed by atoms with Gasteiger partial charge in [-0.3, -0.25) is 0 Å². The van der Waals surface area contributed by atoms with E-state index in [0.717, 1.165) is 17.7 Å². The summed E-state index contributed by atoms with van der Waals surface area (Å²) in [4.78, 5) is 11.6. The summed E-state index contributed by atoms with van der Waals surface area (Å²) in [7, 11) is 0. The predicted molar refractivity (Wildman–Crippen MR) is 80.8 cm³/mol. The molecule has 0 aliphatic carbocycles. The van der Waals surface area contributed by atoms with Crippen molar-refractivity contribution >= 4 is 34.1 Å².